The van der Waals surface area contributed by atoms with Gasteiger partial charge in [0.25, 0.3) is 0 Å². The highest BCUT2D eigenvalue weighted by atomic mass is 16.3. The largest absolute Gasteiger partial charge is 0.506 e. The van der Waals surface area contributed by atoms with Gasteiger partial charge in [-0.1, -0.05) is 6.07 Å². The number of aromatic hydroxyl groups is 1. The van der Waals surface area contributed by atoms with Crippen molar-refractivity contribution >= 4 is 16.5 Å². The molecule has 12 heavy (non-hydrogen) atoms. The van der Waals surface area contributed by atoms with E-state index in [2.05, 4.69) is 4.98 Å². The number of fused-ring (bicyclic) bond motifs is 1. The summed E-state index contributed by atoms with van der Waals surface area (Å²) in [4.78, 5) is 3.92. The van der Waals surface area contributed by atoms with Crippen molar-refractivity contribution in [2.24, 2.45) is 0 Å². The molecule has 0 saturated carbocycles. The van der Waals surface area contributed by atoms with Crippen LogP contribution < -0.4 is 5.73 Å². The van der Waals surface area contributed by atoms with Gasteiger partial charge in [0.05, 0.1) is 5.69 Å². The Hall–Kier alpha value is -1.77. The number of phenolic OH excluding ortho intramolecular Hbond substituents is 1. The number of benzene rings is 1. The fourth-order valence-corrected chi connectivity index (χ4v) is 1.17. The van der Waals surface area contributed by atoms with E-state index in [9.17, 15) is 5.11 Å². The maximum absolute atomic E-state index is 9.26. The molecule has 0 unspecified atom stereocenters. The van der Waals surface area contributed by atoms with Crippen LogP contribution in [-0.2, 0) is 0 Å². The zero-order valence-electron chi connectivity index (χ0n) is 6.36. The van der Waals surface area contributed by atoms with E-state index in [1.807, 2.05) is 12.1 Å². The minimum Gasteiger partial charge on any atom is -0.506 e. The second kappa shape index (κ2) is 2.37. The molecule has 60 valence electrons. The first-order valence-corrected chi connectivity index (χ1v) is 3.60. The Bertz CT molecular complexity index is 426. The SMILES string of the molecule is Nc1c(O)ccc2ccncc12. The van der Waals surface area contributed by atoms with Gasteiger partial charge in [0, 0.05) is 17.8 Å². The minimum absolute atomic E-state index is 0.107. The maximum Gasteiger partial charge on any atom is 0.139 e. The van der Waals surface area contributed by atoms with E-state index in [0.717, 1.165) is 10.8 Å². The van der Waals surface area contributed by atoms with Gasteiger partial charge < -0.3 is 10.8 Å². The molecule has 3 N–H and O–H groups in total. The number of hydrogen-bond acceptors (Lipinski definition) is 3. The number of nitrogens with zero attached hydrogens (tertiary/aromatic N) is 1. The molecule has 0 aliphatic heterocycles. The molecule has 0 bridgehead atoms. The minimum atomic E-state index is 0.107. The number of rotatable bonds is 0. The summed E-state index contributed by atoms with van der Waals surface area (Å²) >= 11 is 0. The molecule has 3 heteroatoms. The van der Waals surface area contributed by atoms with Crippen molar-refractivity contribution in [2.45, 2.75) is 0 Å². The normalized spacial score (nSPS) is 10.3. The highest BCUT2D eigenvalue weighted by Gasteiger charge is 2.01. The Labute approximate surface area is 69.5 Å². The van der Waals surface area contributed by atoms with Crippen LogP contribution in [0.25, 0.3) is 10.8 Å². The van der Waals surface area contributed by atoms with Crippen LogP contribution in [0.4, 0.5) is 5.69 Å². The number of nitrogen functional groups attached to an aromatic ring is 1. The van der Waals surface area contributed by atoms with Gasteiger partial charge in [0.2, 0.25) is 0 Å². The van der Waals surface area contributed by atoms with Crippen molar-refractivity contribution < 1.29 is 5.11 Å². The zero-order valence-corrected chi connectivity index (χ0v) is 6.36. The Morgan fingerprint density at radius 3 is 2.92 bits per heavy atom. The Balaban J connectivity index is 2.91. The quantitative estimate of drug-likeness (QED) is 0.453. The van der Waals surface area contributed by atoms with Crippen LogP contribution in [0.3, 0.4) is 0 Å². The van der Waals surface area contributed by atoms with E-state index in [-0.39, 0.29) is 5.75 Å². The molecule has 0 amide bonds. The molecule has 0 saturated heterocycles. The van der Waals surface area contributed by atoms with Crippen molar-refractivity contribution in [3.05, 3.63) is 30.6 Å². The fraction of sp³-hybridized carbons (Fsp3) is 0. The van der Waals surface area contributed by atoms with Gasteiger partial charge in [-0.2, -0.15) is 0 Å². The molecule has 2 aromatic rings. The van der Waals surface area contributed by atoms with Gasteiger partial charge in [-0.25, -0.2) is 0 Å². The molecule has 3 nitrogen and oxygen atoms in total. The first-order chi connectivity index (χ1) is 5.79. The molecule has 1 aromatic carbocycles. The third-order valence-corrected chi connectivity index (χ3v) is 1.84. The molecule has 1 aromatic heterocycles. The summed E-state index contributed by atoms with van der Waals surface area (Å²) in [6.45, 7) is 0. The molecule has 0 aliphatic carbocycles. The zero-order chi connectivity index (χ0) is 8.55. The third-order valence-electron chi connectivity index (χ3n) is 1.84. The molecule has 0 fully saturated rings. The maximum atomic E-state index is 9.26. The van der Waals surface area contributed by atoms with Crippen molar-refractivity contribution in [1.29, 1.82) is 0 Å². The Morgan fingerprint density at radius 2 is 2.08 bits per heavy atom. The predicted octanol–water partition coefficient (Wildman–Crippen LogP) is 1.52. The van der Waals surface area contributed by atoms with E-state index in [1.165, 1.54) is 0 Å². The number of anilines is 1. The average molecular weight is 160 g/mol. The molecular formula is C9H8N2O. The van der Waals surface area contributed by atoms with Crippen molar-refractivity contribution in [2.75, 3.05) is 5.73 Å². The van der Waals surface area contributed by atoms with Gasteiger partial charge >= 0.3 is 0 Å². The van der Waals surface area contributed by atoms with Crippen molar-refractivity contribution in [1.82, 2.24) is 4.98 Å². The highest BCUT2D eigenvalue weighted by Crippen LogP contribution is 2.28. The number of aromatic nitrogens is 1. The lowest BCUT2D eigenvalue weighted by atomic mass is 10.1. The first-order valence-electron chi connectivity index (χ1n) is 3.60. The predicted molar refractivity (Wildman–Crippen MR) is 47.8 cm³/mol. The second-order valence-electron chi connectivity index (χ2n) is 2.60. The second-order valence-corrected chi connectivity index (χ2v) is 2.60. The van der Waals surface area contributed by atoms with E-state index in [0.29, 0.717) is 5.69 Å². The summed E-state index contributed by atoms with van der Waals surface area (Å²) < 4.78 is 0. The number of nitrogens with two attached hydrogens (primary N) is 1. The first kappa shape index (κ1) is 6.91. The van der Waals surface area contributed by atoms with E-state index in [4.69, 9.17) is 5.73 Å². The summed E-state index contributed by atoms with van der Waals surface area (Å²) in [6, 6.07) is 5.24. The Kier molecular flexibility index (Phi) is 1.37. The number of hydrogen-bond donors (Lipinski definition) is 2. The summed E-state index contributed by atoms with van der Waals surface area (Å²) in [7, 11) is 0. The average Bonchev–Trinajstić information content (AvgIpc) is 2.12. The molecule has 1 heterocycles. The van der Waals surface area contributed by atoms with Crippen LogP contribution in [0.2, 0.25) is 0 Å². The molecule has 0 aliphatic rings. The smallest absolute Gasteiger partial charge is 0.139 e. The topological polar surface area (TPSA) is 59.1 Å². The van der Waals surface area contributed by atoms with Gasteiger partial charge in [-0.3, -0.25) is 4.98 Å². The molecule has 0 radical (unpaired) electrons. The molecule has 0 spiro atoms. The third kappa shape index (κ3) is 0.871. The number of pyridine rings is 1. The lowest BCUT2D eigenvalue weighted by Gasteiger charge is -2.02. The van der Waals surface area contributed by atoms with Gasteiger partial charge in [0.15, 0.2) is 0 Å². The summed E-state index contributed by atoms with van der Waals surface area (Å²) in [5.74, 6) is 0.107. The van der Waals surface area contributed by atoms with E-state index in [1.54, 1.807) is 18.5 Å². The van der Waals surface area contributed by atoms with Crippen LogP contribution in [-0.4, -0.2) is 10.1 Å². The standard InChI is InChI=1S/C9H8N2O/c10-9-7-5-11-4-3-6(7)1-2-8(9)12/h1-5,12H,10H2. The van der Waals surface area contributed by atoms with E-state index >= 15 is 0 Å². The molecular weight excluding hydrogens is 152 g/mol. The van der Waals surface area contributed by atoms with Gasteiger partial charge in [0.1, 0.15) is 5.75 Å². The van der Waals surface area contributed by atoms with Crippen LogP contribution in [0.1, 0.15) is 0 Å². The Morgan fingerprint density at radius 1 is 1.25 bits per heavy atom. The molecule has 2 rings (SSSR count). The monoisotopic (exact) mass is 160 g/mol. The van der Waals surface area contributed by atoms with Gasteiger partial charge in [-0.15, -0.1) is 0 Å². The van der Waals surface area contributed by atoms with Crippen LogP contribution >= 0.6 is 0 Å². The van der Waals surface area contributed by atoms with Crippen molar-refractivity contribution in [3.8, 4) is 5.75 Å². The van der Waals surface area contributed by atoms with Crippen LogP contribution in [0.5, 0.6) is 5.75 Å². The number of phenols is 1. The lowest BCUT2D eigenvalue weighted by Crippen LogP contribution is -1.87. The highest BCUT2D eigenvalue weighted by molar-refractivity contribution is 5.94. The van der Waals surface area contributed by atoms with Crippen LogP contribution in [0.15, 0.2) is 30.6 Å². The van der Waals surface area contributed by atoms with Gasteiger partial charge in [-0.05, 0) is 17.5 Å². The summed E-state index contributed by atoms with van der Waals surface area (Å²) in [5, 5.41) is 11.0. The fourth-order valence-electron chi connectivity index (χ4n) is 1.17. The van der Waals surface area contributed by atoms with Crippen LogP contribution in [0, 0.1) is 0 Å². The summed E-state index contributed by atoms with van der Waals surface area (Å²) in [6.07, 6.45) is 3.34. The lowest BCUT2D eigenvalue weighted by molar-refractivity contribution is 0.478. The molecule has 0 atom stereocenters. The van der Waals surface area contributed by atoms with E-state index < -0.39 is 0 Å². The summed E-state index contributed by atoms with van der Waals surface area (Å²) in [5.41, 5.74) is 6.02. The van der Waals surface area contributed by atoms with Crippen molar-refractivity contribution in [3.63, 3.8) is 0 Å².